The van der Waals surface area contributed by atoms with Crippen LogP contribution in [0.1, 0.15) is 38.5 Å². The molecule has 0 saturated carbocycles. The van der Waals surface area contributed by atoms with E-state index in [1.54, 1.807) is 0 Å². The topological polar surface area (TPSA) is 67.6 Å². The zero-order valence-electron chi connectivity index (χ0n) is 11.4. The number of piperidine rings is 1. The van der Waals surface area contributed by atoms with Crippen LogP contribution in [0.4, 0.5) is 0 Å². The van der Waals surface area contributed by atoms with Gasteiger partial charge in [-0.1, -0.05) is 0 Å². The van der Waals surface area contributed by atoms with Crippen LogP contribution in [0.15, 0.2) is 0 Å². The van der Waals surface area contributed by atoms with Crippen molar-refractivity contribution < 1.29 is 9.90 Å². The Balaban J connectivity index is 1.76. The molecular formula is C14H23N3O2. The van der Waals surface area contributed by atoms with Crippen molar-refractivity contribution in [2.75, 3.05) is 26.2 Å². The zero-order valence-corrected chi connectivity index (χ0v) is 11.4. The number of nitrogens with zero attached hydrogens (tertiary/aromatic N) is 3. The molecule has 2 saturated heterocycles. The molecular weight excluding hydrogens is 242 g/mol. The summed E-state index contributed by atoms with van der Waals surface area (Å²) >= 11 is 0. The molecule has 1 N–H and O–H groups in total. The fraction of sp³-hybridized carbons (Fsp3) is 0.857. The largest absolute Gasteiger partial charge is 0.480 e. The van der Waals surface area contributed by atoms with Crippen LogP contribution in [0.5, 0.6) is 0 Å². The molecule has 5 heteroatoms. The molecule has 0 amide bonds. The van der Waals surface area contributed by atoms with Crippen LogP contribution < -0.4 is 0 Å². The average Bonchev–Trinajstić information content (AvgIpc) is 2.89. The second-order valence-corrected chi connectivity index (χ2v) is 5.57. The molecule has 2 fully saturated rings. The fourth-order valence-electron chi connectivity index (χ4n) is 3.35. The second kappa shape index (κ2) is 6.88. The molecule has 0 aromatic heterocycles. The van der Waals surface area contributed by atoms with Gasteiger partial charge in [-0.15, -0.1) is 0 Å². The molecule has 0 aromatic rings. The number of aliphatic carboxylic acids is 1. The molecule has 0 aromatic carbocycles. The van der Waals surface area contributed by atoms with Crippen molar-refractivity contribution in [3.8, 4) is 6.07 Å². The molecule has 106 valence electrons. The van der Waals surface area contributed by atoms with Crippen LogP contribution in [0.25, 0.3) is 0 Å². The predicted octanol–water partition coefficient (Wildman–Crippen LogP) is 1.30. The maximum Gasteiger partial charge on any atom is 0.320 e. The number of hydrogen-bond acceptors (Lipinski definition) is 4. The minimum absolute atomic E-state index is 0.255. The molecule has 0 spiro atoms. The highest BCUT2D eigenvalue weighted by Crippen LogP contribution is 2.26. The molecule has 2 aliphatic heterocycles. The summed E-state index contributed by atoms with van der Waals surface area (Å²) in [6.07, 6.45) is 5.53. The SMILES string of the molecule is N#CCCCN1CCC(N2CCCC2C(=O)O)CC1. The van der Waals surface area contributed by atoms with Crippen LogP contribution in [0, 0.1) is 11.3 Å². The first-order chi connectivity index (χ1) is 9.22. The Hall–Kier alpha value is -1.12. The number of carboxylic acid groups (broad SMARTS) is 1. The Morgan fingerprint density at radius 1 is 1.26 bits per heavy atom. The summed E-state index contributed by atoms with van der Waals surface area (Å²) in [7, 11) is 0. The van der Waals surface area contributed by atoms with Crippen LogP contribution in [-0.2, 0) is 4.79 Å². The van der Waals surface area contributed by atoms with Crippen molar-refractivity contribution in [3.05, 3.63) is 0 Å². The fourth-order valence-corrected chi connectivity index (χ4v) is 3.35. The number of likely N-dealkylation sites (tertiary alicyclic amines) is 2. The highest BCUT2D eigenvalue weighted by molar-refractivity contribution is 5.73. The molecule has 1 atom stereocenters. The first-order valence-corrected chi connectivity index (χ1v) is 7.30. The van der Waals surface area contributed by atoms with E-state index < -0.39 is 5.97 Å². The Bertz CT molecular complexity index is 345. The van der Waals surface area contributed by atoms with E-state index in [0.29, 0.717) is 12.5 Å². The molecule has 0 aliphatic carbocycles. The maximum atomic E-state index is 11.2. The molecule has 0 bridgehead atoms. The monoisotopic (exact) mass is 265 g/mol. The molecule has 2 aliphatic rings. The van der Waals surface area contributed by atoms with Gasteiger partial charge in [0, 0.05) is 12.5 Å². The summed E-state index contributed by atoms with van der Waals surface area (Å²) < 4.78 is 0. The van der Waals surface area contributed by atoms with Crippen molar-refractivity contribution in [2.45, 2.75) is 50.6 Å². The van der Waals surface area contributed by atoms with Crippen molar-refractivity contribution in [1.29, 1.82) is 5.26 Å². The predicted molar refractivity (Wildman–Crippen MR) is 71.7 cm³/mol. The lowest BCUT2D eigenvalue weighted by molar-refractivity contribution is -0.143. The van der Waals surface area contributed by atoms with Crippen molar-refractivity contribution >= 4 is 5.97 Å². The molecule has 0 radical (unpaired) electrons. The van der Waals surface area contributed by atoms with E-state index >= 15 is 0 Å². The van der Waals surface area contributed by atoms with E-state index in [2.05, 4.69) is 15.9 Å². The molecule has 19 heavy (non-hydrogen) atoms. The number of unbranched alkanes of at least 4 members (excludes halogenated alkanes) is 1. The van der Waals surface area contributed by atoms with E-state index in [1.165, 1.54) is 0 Å². The lowest BCUT2D eigenvalue weighted by Crippen LogP contribution is -2.48. The molecule has 5 nitrogen and oxygen atoms in total. The van der Waals surface area contributed by atoms with E-state index in [0.717, 1.165) is 58.3 Å². The van der Waals surface area contributed by atoms with Gasteiger partial charge in [0.1, 0.15) is 6.04 Å². The van der Waals surface area contributed by atoms with Crippen molar-refractivity contribution in [3.63, 3.8) is 0 Å². The molecule has 2 heterocycles. The van der Waals surface area contributed by atoms with Gasteiger partial charge in [0.05, 0.1) is 6.07 Å². The Morgan fingerprint density at radius 3 is 2.63 bits per heavy atom. The van der Waals surface area contributed by atoms with Crippen LogP contribution in [0.3, 0.4) is 0 Å². The zero-order chi connectivity index (χ0) is 13.7. The lowest BCUT2D eigenvalue weighted by Gasteiger charge is -2.38. The van der Waals surface area contributed by atoms with Gasteiger partial charge in [0.2, 0.25) is 0 Å². The second-order valence-electron chi connectivity index (χ2n) is 5.57. The summed E-state index contributed by atoms with van der Waals surface area (Å²) in [4.78, 5) is 15.8. The number of nitriles is 1. The quantitative estimate of drug-likeness (QED) is 0.759. The number of rotatable bonds is 5. The number of hydrogen-bond donors (Lipinski definition) is 1. The average molecular weight is 265 g/mol. The van der Waals surface area contributed by atoms with Gasteiger partial charge in [-0.25, -0.2) is 0 Å². The van der Waals surface area contributed by atoms with Crippen LogP contribution in [0.2, 0.25) is 0 Å². The van der Waals surface area contributed by atoms with Gasteiger partial charge in [-0.05, 0) is 58.3 Å². The van der Waals surface area contributed by atoms with Gasteiger partial charge in [-0.3, -0.25) is 9.69 Å². The first-order valence-electron chi connectivity index (χ1n) is 7.30. The summed E-state index contributed by atoms with van der Waals surface area (Å²) in [5.74, 6) is -0.658. The van der Waals surface area contributed by atoms with E-state index in [4.69, 9.17) is 5.26 Å². The third kappa shape index (κ3) is 3.68. The molecule has 2 rings (SSSR count). The van der Waals surface area contributed by atoms with Crippen LogP contribution >= 0.6 is 0 Å². The standard InChI is InChI=1S/C14H23N3O2/c15-7-1-2-8-16-10-5-12(6-11-16)17-9-3-4-13(17)14(18)19/h12-13H,1-6,8-11H2,(H,18,19). The van der Waals surface area contributed by atoms with E-state index in [9.17, 15) is 9.90 Å². The maximum absolute atomic E-state index is 11.2. The lowest BCUT2D eigenvalue weighted by atomic mass is 10.0. The smallest absolute Gasteiger partial charge is 0.320 e. The van der Waals surface area contributed by atoms with E-state index in [-0.39, 0.29) is 6.04 Å². The minimum atomic E-state index is -0.658. The third-order valence-corrected chi connectivity index (χ3v) is 4.37. The third-order valence-electron chi connectivity index (χ3n) is 4.37. The van der Waals surface area contributed by atoms with E-state index in [1.807, 2.05) is 0 Å². The van der Waals surface area contributed by atoms with Gasteiger partial charge in [0.15, 0.2) is 0 Å². The normalized spacial score (nSPS) is 26.4. The number of carboxylic acids is 1. The summed E-state index contributed by atoms with van der Waals surface area (Å²) in [5.41, 5.74) is 0. The van der Waals surface area contributed by atoms with Gasteiger partial charge in [-0.2, -0.15) is 5.26 Å². The first kappa shape index (κ1) is 14.3. The van der Waals surface area contributed by atoms with Crippen LogP contribution in [-0.4, -0.2) is 59.1 Å². The van der Waals surface area contributed by atoms with Crippen molar-refractivity contribution in [1.82, 2.24) is 9.80 Å². The van der Waals surface area contributed by atoms with Crippen molar-refractivity contribution in [2.24, 2.45) is 0 Å². The molecule has 1 unspecified atom stereocenters. The minimum Gasteiger partial charge on any atom is -0.480 e. The number of carbonyl (C=O) groups is 1. The highest BCUT2D eigenvalue weighted by Gasteiger charge is 2.36. The Morgan fingerprint density at radius 2 is 2.00 bits per heavy atom. The summed E-state index contributed by atoms with van der Waals surface area (Å²) in [6.45, 7) is 4.02. The Kier molecular flexibility index (Phi) is 5.17. The van der Waals surface area contributed by atoms with Gasteiger partial charge >= 0.3 is 5.97 Å². The summed E-state index contributed by atoms with van der Waals surface area (Å²) in [6, 6.07) is 2.36. The van der Waals surface area contributed by atoms with Gasteiger partial charge < -0.3 is 10.0 Å². The summed E-state index contributed by atoms with van der Waals surface area (Å²) in [5, 5.41) is 17.8. The van der Waals surface area contributed by atoms with Gasteiger partial charge in [0.25, 0.3) is 0 Å². The highest BCUT2D eigenvalue weighted by atomic mass is 16.4. The Labute approximate surface area is 114 Å².